The third kappa shape index (κ3) is 2.54. The standard InChI is InChI=1S/C19H24O6/c1-18(2)22-14-8-11(10-5-6-12-13(7-10)21-9-20-12)15-17(16(14)24-18)25-19(3,4)23-15/h5-7,11,14-17H,8-9H2,1-4H3. The Bertz CT molecular complexity index is 699. The zero-order valence-electron chi connectivity index (χ0n) is 15.0. The quantitative estimate of drug-likeness (QED) is 0.778. The molecule has 0 spiro atoms. The molecule has 1 aromatic carbocycles. The Labute approximate surface area is 147 Å². The third-order valence-corrected chi connectivity index (χ3v) is 5.42. The van der Waals surface area contributed by atoms with Crippen LogP contribution >= 0.6 is 0 Å². The van der Waals surface area contributed by atoms with Gasteiger partial charge in [0.15, 0.2) is 23.1 Å². The van der Waals surface area contributed by atoms with Crippen molar-refractivity contribution in [2.75, 3.05) is 6.79 Å². The zero-order chi connectivity index (χ0) is 17.4. The van der Waals surface area contributed by atoms with Crippen molar-refractivity contribution in [3.63, 3.8) is 0 Å². The average molecular weight is 348 g/mol. The van der Waals surface area contributed by atoms with E-state index in [2.05, 4.69) is 12.1 Å². The fraction of sp³-hybridized carbons (Fsp3) is 0.684. The lowest BCUT2D eigenvalue weighted by Crippen LogP contribution is -2.49. The van der Waals surface area contributed by atoms with Gasteiger partial charge in [0.2, 0.25) is 6.79 Å². The molecule has 25 heavy (non-hydrogen) atoms. The molecule has 3 aliphatic heterocycles. The van der Waals surface area contributed by atoms with Crippen molar-refractivity contribution in [3.8, 4) is 11.5 Å². The lowest BCUT2D eigenvalue weighted by molar-refractivity contribution is -0.175. The summed E-state index contributed by atoms with van der Waals surface area (Å²) in [5.41, 5.74) is 1.16. The minimum Gasteiger partial charge on any atom is -0.454 e. The van der Waals surface area contributed by atoms with Crippen LogP contribution in [0.25, 0.3) is 0 Å². The molecule has 136 valence electrons. The number of benzene rings is 1. The Balaban J connectivity index is 1.51. The van der Waals surface area contributed by atoms with E-state index in [0.717, 1.165) is 23.5 Å². The molecule has 5 atom stereocenters. The number of fused-ring (bicyclic) bond motifs is 4. The summed E-state index contributed by atoms with van der Waals surface area (Å²) in [4.78, 5) is 0. The first-order valence-corrected chi connectivity index (χ1v) is 8.92. The van der Waals surface area contributed by atoms with Crippen LogP contribution in [0.5, 0.6) is 11.5 Å². The van der Waals surface area contributed by atoms with Gasteiger partial charge in [-0.25, -0.2) is 0 Å². The van der Waals surface area contributed by atoms with Gasteiger partial charge in [0.05, 0.1) is 12.2 Å². The van der Waals surface area contributed by atoms with Gasteiger partial charge in [0.25, 0.3) is 0 Å². The molecule has 2 saturated heterocycles. The van der Waals surface area contributed by atoms with Crippen molar-refractivity contribution in [1.82, 2.24) is 0 Å². The van der Waals surface area contributed by atoms with Crippen molar-refractivity contribution in [3.05, 3.63) is 23.8 Å². The topological polar surface area (TPSA) is 55.4 Å². The van der Waals surface area contributed by atoms with E-state index in [9.17, 15) is 0 Å². The Morgan fingerprint density at radius 1 is 0.800 bits per heavy atom. The molecule has 0 bridgehead atoms. The third-order valence-electron chi connectivity index (χ3n) is 5.42. The Morgan fingerprint density at radius 2 is 1.48 bits per heavy atom. The van der Waals surface area contributed by atoms with Gasteiger partial charge in [-0.05, 0) is 51.8 Å². The number of ether oxygens (including phenoxy) is 6. The molecule has 0 aromatic heterocycles. The summed E-state index contributed by atoms with van der Waals surface area (Å²) >= 11 is 0. The van der Waals surface area contributed by atoms with E-state index in [4.69, 9.17) is 28.4 Å². The molecule has 0 amide bonds. The van der Waals surface area contributed by atoms with Crippen LogP contribution in [0.15, 0.2) is 18.2 Å². The molecule has 5 rings (SSSR count). The number of hydrogen-bond acceptors (Lipinski definition) is 6. The maximum Gasteiger partial charge on any atom is 0.231 e. The van der Waals surface area contributed by atoms with Crippen LogP contribution in [-0.2, 0) is 18.9 Å². The van der Waals surface area contributed by atoms with E-state index >= 15 is 0 Å². The van der Waals surface area contributed by atoms with E-state index in [0.29, 0.717) is 0 Å². The summed E-state index contributed by atoms with van der Waals surface area (Å²) in [6.07, 6.45) is 0.491. The Morgan fingerprint density at radius 3 is 2.32 bits per heavy atom. The summed E-state index contributed by atoms with van der Waals surface area (Å²) < 4.78 is 35.8. The van der Waals surface area contributed by atoms with Crippen LogP contribution in [-0.4, -0.2) is 42.8 Å². The Hall–Kier alpha value is -1.34. The van der Waals surface area contributed by atoms with Gasteiger partial charge in [0.1, 0.15) is 12.2 Å². The van der Waals surface area contributed by atoms with Crippen molar-refractivity contribution < 1.29 is 28.4 Å². The molecule has 1 aromatic rings. The van der Waals surface area contributed by atoms with E-state index < -0.39 is 11.6 Å². The van der Waals surface area contributed by atoms with Crippen molar-refractivity contribution in [2.24, 2.45) is 0 Å². The predicted molar refractivity (Wildman–Crippen MR) is 87.6 cm³/mol. The SMILES string of the molecule is CC1(C)OC2CC(c3ccc4c(c3)OCO4)C3OC(C)(C)OC3C2O1. The fourth-order valence-electron chi connectivity index (χ4n) is 4.56. The second-order valence-corrected chi connectivity index (χ2v) is 8.16. The summed E-state index contributed by atoms with van der Waals surface area (Å²) in [7, 11) is 0. The van der Waals surface area contributed by atoms with Crippen LogP contribution in [0.4, 0.5) is 0 Å². The van der Waals surface area contributed by atoms with E-state index in [1.54, 1.807) is 0 Å². The average Bonchev–Trinajstić information content (AvgIpc) is 3.18. The molecular formula is C19H24O6. The highest BCUT2D eigenvalue weighted by molar-refractivity contribution is 5.46. The van der Waals surface area contributed by atoms with Gasteiger partial charge in [-0.3, -0.25) is 0 Å². The summed E-state index contributed by atoms with van der Waals surface area (Å²) in [6, 6.07) is 6.11. The predicted octanol–water partition coefficient (Wildman–Crippen LogP) is 2.94. The monoisotopic (exact) mass is 348 g/mol. The lowest BCUT2D eigenvalue weighted by atomic mass is 9.77. The molecule has 0 N–H and O–H groups in total. The fourth-order valence-corrected chi connectivity index (χ4v) is 4.56. The summed E-state index contributed by atoms with van der Waals surface area (Å²) in [5.74, 6) is 0.507. The van der Waals surface area contributed by atoms with E-state index in [1.165, 1.54) is 0 Å². The molecule has 6 heteroatoms. The second kappa shape index (κ2) is 5.10. The molecule has 1 aliphatic carbocycles. The zero-order valence-corrected chi connectivity index (χ0v) is 15.0. The number of hydrogen-bond donors (Lipinski definition) is 0. The second-order valence-electron chi connectivity index (χ2n) is 8.16. The van der Waals surface area contributed by atoms with Crippen LogP contribution in [0, 0.1) is 0 Å². The first-order valence-electron chi connectivity index (χ1n) is 8.92. The molecule has 0 radical (unpaired) electrons. The lowest BCUT2D eigenvalue weighted by Gasteiger charge is -2.37. The molecular weight excluding hydrogens is 324 g/mol. The minimum atomic E-state index is -0.630. The van der Waals surface area contributed by atoms with E-state index in [-0.39, 0.29) is 37.1 Å². The van der Waals surface area contributed by atoms with Crippen LogP contribution in [0.2, 0.25) is 0 Å². The smallest absolute Gasteiger partial charge is 0.231 e. The first kappa shape index (κ1) is 15.9. The van der Waals surface area contributed by atoms with Gasteiger partial charge in [-0.2, -0.15) is 0 Å². The summed E-state index contributed by atoms with van der Waals surface area (Å²) in [6.45, 7) is 8.10. The van der Waals surface area contributed by atoms with E-state index in [1.807, 2.05) is 33.8 Å². The number of rotatable bonds is 1. The maximum atomic E-state index is 6.29. The molecule has 6 nitrogen and oxygen atoms in total. The highest BCUT2D eigenvalue weighted by atomic mass is 16.8. The van der Waals surface area contributed by atoms with Gasteiger partial charge >= 0.3 is 0 Å². The molecule has 1 saturated carbocycles. The highest BCUT2D eigenvalue weighted by Gasteiger charge is 2.59. The highest BCUT2D eigenvalue weighted by Crippen LogP contribution is 2.50. The first-order chi connectivity index (χ1) is 11.8. The van der Waals surface area contributed by atoms with Gasteiger partial charge in [-0.1, -0.05) is 6.07 Å². The van der Waals surface area contributed by atoms with Crippen molar-refractivity contribution in [1.29, 1.82) is 0 Å². The van der Waals surface area contributed by atoms with Crippen molar-refractivity contribution >= 4 is 0 Å². The normalized spacial score (nSPS) is 39.9. The van der Waals surface area contributed by atoms with Crippen LogP contribution < -0.4 is 9.47 Å². The largest absolute Gasteiger partial charge is 0.454 e. The van der Waals surface area contributed by atoms with Crippen LogP contribution in [0.3, 0.4) is 0 Å². The molecule has 3 heterocycles. The molecule has 4 aliphatic rings. The minimum absolute atomic E-state index is 0.0100. The van der Waals surface area contributed by atoms with Crippen LogP contribution in [0.1, 0.15) is 45.6 Å². The van der Waals surface area contributed by atoms with Gasteiger partial charge < -0.3 is 28.4 Å². The molecule has 5 unspecified atom stereocenters. The summed E-state index contributed by atoms with van der Waals surface area (Å²) in [5, 5.41) is 0. The van der Waals surface area contributed by atoms with Gasteiger partial charge in [0, 0.05) is 5.92 Å². The van der Waals surface area contributed by atoms with Crippen molar-refractivity contribution in [2.45, 2.75) is 76.0 Å². The Kier molecular flexibility index (Phi) is 3.24. The van der Waals surface area contributed by atoms with Gasteiger partial charge in [-0.15, -0.1) is 0 Å². The maximum absolute atomic E-state index is 6.29. The molecule has 3 fully saturated rings.